The number of aromatic amines is 1. The van der Waals surface area contributed by atoms with Crippen molar-refractivity contribution in [1.29, 1.82) is 0 Å². The molecule has 82 valence electrons. The molecule has 1 fully saturated rings. The minimum absolute atomic E-state index is 0.0975. The van der Waals surface area contributed by atoms with Crippen LogP contribution in [0.1, 0.15) is 23.3 Å². The maximum Gasteiger partial charge on any atom is 0.192 e. The molecule has 2 rings (SSSR count). The first kappa shape index (κ1) is 10.4. The second-order valence-corrected chi connectivity index (χ2v) is 3.96. The predicted octanol–water partition coefficient (Wildman–Crippen LogP) is 0.654. The van der Waals surface area contributed by atoms with Crippen LogP contribution in [0.15, 0.2) is 18.3 Å². The van der Waals surface area contributed by atoms with E-state index in [1.54, 1.807) is 12.3 Å². The molecule has 1 aliphatic rings. The molecule has 4 heteroatoms. The first-order chi connectivity index (χ1) is 7.31. The third kappa shape index (κ3) is 2.27. The molecule has 0 bridgehead atoms. The Kier molecular flexibility index (Phi) is 3.18. The van der Waals surface area contributed by atoms with E-state index in [9.17, 15) is 4.79 Å². The number of nitrogens with one attached hydrogen (secondary N) is 1. The van der Waals surface area contributed by atoms with Gasteiger partial charge < -0.3 is 10.1 Å². The van der Waals surface area contributed by atoms with Gasteiger partial charge in [-0.05, 0) is 31.5 Å². The summed E-state index contributed by atoms with van der Waals surface area (Å²) in [7, 11) is 0. The molecule has 2 heterocycles. The van der Waals surface area contributed by atoms with E-state index in [0.717, 1.165) is 19.4 Å². The molecule has 1 saturated heterocycles. The minimum Gasteiger partial charge on any atom is -0.395 e. The van der Waals surface area contributed by atoms with Crippen molar-refractivity contribution in [3.8, 4) is 0 Å². The summed E-state index contributed by atoms with van der Waals surface area (Å²) < 4.78 is 0. The van der Waals surface area contributed by atoms with Crippen molar-refractivity contribution in [2.45, 2.75) is 18.9 Å². The number of hydrogen-bond donors (Lipinski definition) is 2. The van der Waals surface area contributed by atoms with Gasteiger partial charge in [-0.3, -0.25) is 9.69 Å². The zero-order chi connectivity index (χ0) is 10.7. The Bertz CT molecular complexity index is 321. The van der Waals surface area contributed by atoms with Crippen LogP contribution in [0.5, 0.6) is 0 Å². The van der Waals surface area contributed by atoms with Gasteiger partial charge in [-0.2, -0.15) is 0 Å². The quantitative estimate of drug-likeness (QED) is 0.714. The van der Waals surface area contributed by atoms with Crippen molar-refractivity contribution >= 4 is 5.78 Å². The Morgan fingerprint density at radius 2 is 2.53 bits per heavy atom. The molecule has 0 radical (unpaired) electrons. The molecule has 0 aliphatic carbocycles. The molecule has 0 aromatic carbocycles. The van der Waals surface area contributed by atoms with Gasteiger partial charge in [0.05, 0.1) is 18.8 Å². The third-order valence-corrected chi connectivity index (χ3v) is 2.95. The van der Waals surface area contributed by atoms with E-state index in [0.29, 0.717) is 12.2 Å². The lowest BCUT2D eigenvalue weighted by Crippen LogP contribution is -2.36. The second-order valence-electron chi connectivity index (χ2n) is 3.96. The summed E-state index contributed by atoms with van der Waals surface area (Å²) in [5, 5.41) is 9.12. The van der Waals surface area contributed by atoms with Crippen LogP contribution in [0.3, 0.4) is 0 Å². The van der Waals surface area contributed by atoms with Gasteiger partial charge in [0, 0.05) is 12.2 Å². The minimum atomic E-state index is 0.0975. The summed E-state index contributed by atoms with van der Waals surface area (Å²) in [4.78, 5) is 16.7. The van der Waals surface area contributed by atoms with E-state index in [1.165, 1.54) is 0 Å². The van der Waals surface area contributed by atoms with Crippen LogP contribution in [-0.2, 0) is 0 Å². The van der Waals surface area contributed by atoms with Crippen LogP contribution in [0.4, 0.5) is 0 Å². The first-order valence-corrected chi connectivity index (χ1v) is 5.33. The van der Waals surface area contributed by atoms with Crippen LogP contribution < -0.4 is 0 Å². The zero-order valence-electron chi connectivity index (χ0n) is 8.65. The molecule has 2 N–H and O–H groups in total. The highest BCUT2D eigenvalue weighted by Crippen LogP contribution is 2.16. The van der Waals surface area contributed by atoms with E-state index in [4.69, 9.17) is 5.11 Å². The van der Waals surface area contributed by atoms with Crippen LogP contribution in [0, 0.1) is 0 Å². The van der Waals surface area contributed by atoms with Crippen LogP contribution in [0.2, 0.25) is 0 Å². The predicted molar refractivity (Wildman–Crippen MR) is 56.8 cm³/mol. The monoisotopic (exact) mass is 208 g/mol. The number of nitrogens with zero attached hydrogens (tertiary/aromatic N) is 1. The number of Topliss-reactive ketones (excluding diaryl/α,β-unsaturated/α-hetero) is 1. The van der Waals surface area contributed by atoms with Gasteiger partial charge in [0.2, 0.25) is 0 Å². The summed E-state index contributed by atoms with van der Waals surface area (Å²) in [6, 6.07) is 3.77. The van der Waals surface area contributed by atoms with Crippen molar-refractivity contribution in [3.05, 3.63) is 24.0 Å². The maximum absolute atomic E-state index is 11.8. The van der Waals surface area contributed by atoms with Gasteiger partial charge >= 0.3 is 0 Å². The molecule has 4 nitrogen and oxygen atoms in total. The zero-order valence-corrected chi connectivity index (χ0v) is 8.65. The Labute approximate surface area is 88.9 Å². The Hall–Kier alpha value is -1.13. The standard InChI is InChI=1S/C11H16N2O2/c14-8-9-3-2-6-13(9)7-11(15)10-4-1-5-12-10/h1,4-5,9,12,14H,2-3,6-8H2/t9-/m1/s1. The van der Waals surface area contributed by atoms with Crippen molar-refractivity contribution in [1.82, 2.24) is 9.88 Å². The molecule has 1 aromatic heterocycles. The SMILES string of the molecule is O=C(CN1CCC[C@@H]1CO)c1ccc[nH]1. The van der Waals surface area contributed by atoms with Crippen LogP contribution in [-0.4, -0.2) is 46.5 Å². The molecule has 0 amide bonds. The van der Waals surface area contributed by atoms with Crippen molar-refractivity contribution in [2.75, 3.05) is 19.7 Å². The van der Waals surface area contributed by atoms with E-state index >= 15 is 0 Å². The Balaban J connectivity index is 1.94. The number of likely N-dealkylation sites (tertiary alicyclic amines) is 1. The van der Waals surface area contributed by atoms with E-state index in [-0.39, 0.29) is 18.4 Å². The molecule has 0 saturated carbocycles. The average Bonchev–Trinajstić information content (AvgIpc) is 2.87. The van der Waals surface area contributed by atoms with E-state index in [1.807, 2.05) is 6.07 Å². The second kappa shape index (κ2) is 4.59. The highest BCUT2D eigenvalue weighted by molar-refractivity contribution is 5.95. The topological polar surface area (TPSA) is 56.3 Å². The fourth-order valence-corrected chi connectivity index (χ4v) is 2.08. The van der Waals surface area contributed by atoms with E-state index in [2.05, 4.69) is 9.88 Å². The van der Waals surface area contributed by atoms with Gasteiger partial charge in [0.25, 0.3) is 0 Å². The lowest BCUT2D eigenvalue weighted by atomic mass is 10.2. The largest absolute Gasteiger partial charge is 0.395 e. The molecular weight excluding hydrogens is 192 g/mol. The average molecular weight is 208 g/mol. The first-order valence-electron chi connectivity index (χ1n) is 5.33. The summed E-state index contributed by atoms with van der Waals surface area (Å²) in [6.45, 7) is 1.47. The maximum atomic E-state index is 11.8. The van der Waals surface area contributed by atoms with E-state index < -0.39 is 0 Å². The fourth-order valence-electron chi connectivity index (χ4n) is 2.08. The van der Waals surface area contributed by atoms with Crippen molar-refractivity contribution in [3.63, 3.8) is 0 Å². The normalized spacial score (nSPS) is 22.1. The Morgan fingerprint density at radius 3 is 3.20 bits per heavy atom. The molecule has 0 unspecified atom stereocenters. The highest BCUT2D eigenvalue weighted by atomic mass is 16.3. The van der Waals surface area contributed by atoms with Gasteiger partial charge in [0.15, 0.2) is 5.78 Å². The molecular formula is C11H16N2O2. The number of ketones is 1. The fraction of sp³-hybridized carbons (Fsp3) is 0.545. The summed E-state index contributed by atoms with van der Waals surface area (Å²) in [5.41, 5.74) is 0.651. The highest BCUT2D eigenvalue weighted by Gasteiger charge is 2.25. The van der Waals surface area contributed by atoms with Crippen LogP contribution in [0.25, 0.3) is 0 Å². The molecule has 1 aromatic rings. The summed E-state index contributed by atoms with van der Waals surface area (Å²) in [6.07, 6.45) is 3.82. The number of aliphatic hydroxyl groups excluding tert-OH is 1. The third-order valence-electron chi connectivity index (χ3n) is 2.95. The number of aliphatic hydroxyl groups is 1. The number of hydrogen-bond acceptors (Lipinski definition) is 3. The summed E-state index contributed by atoms with van der Waals surface area (Å²) in [5.74, 6) is 0.0975. The molecule has 0 spiro atoms. The number of carbonyl (C=O) groups excluding carboxylic acids is 1. The lowest BCUT2D eigenvalue weighted by Gasteiger charge is -2.21. The molecule has 15 heavy (non-hydrogen) atoms. The van der Waals surface area contributed by atoms with Crippen LogP contribution >= 0.6 is 0 Å². The smallest absolute Gasteiger partial charge is 0.192 e. The van der Waals surface area contributed by atoms with Crippen molar-refractivity contribution in [2.24, 2.45) is 0 Å². The molecule has 1 atom stereocenters. The number of carbonyl (C=O) groups is 1. The van der Waals surface area contributed by atoms with Gasteiger partial charge in [-0.25, -0.2) is 0 Å². The summed E-state index contributed by atoms with van der Waals surface area (Å²) >= 11 is 0. The Morgan fingerprint density at radius 1 is 1.67 bits per heavy atom. The van der Waals surface area contributed by atoms with Gasteiger partial charge in [0.1, 0.15) is 0 Å². The number of aromatic nitrogens is 1. The number of rotatable bonds is 4. The van der Waals surface area contributed by atoms with Gasteiger partial charge in [-0.1, -0.05) is 0 Å². The van der Waals surface area contributed by atoms with Crippen molar-refractivity contribution < 1.29 is 9.90 Å². The van der Waals surface area contributed by atoms with Gasteiger partial charge in [-0.15, -0.1) is 0 Å². The molecule has 1 aliphatic heterocycles. The number of H-pyrrole nitrogens is 1. The lowest BCUT2D eigenvalue weighted by molar-refractivity contribution is 0.0883.